The van der Waals surface area contributed by atoms with Crippen molar-refractivity contribution >= 4 is 21.6 Å². The minimum atomic E-state index is -3.81. The van der Waals surface area contributed by atoms with Gasteiger partial charge in [-0.2, -0.15) is 0 Å². The Hall–Kier alpha value is -3.19. The number of hydrogen-bond donors (Lipinski definition) is 0. The van der Waals surface area contributed by atoms with Crippen LogP contribution in [0.1, 0.15) is 53.2 Å². The van der Waals surface area contributed by atoms with Crippen molar-refractivity contribution in [1.82, 2.24) is 9.88 Å². The van der Waals surface area contributed by atoms with Crippen LogP contribution >= 0.6 is 0 Å². The second-order valence-corrected chi connectivity index (χ2v) is 10.4. The molecule has 1 atom stereocenters. The zero-order chi connectivity index (χ0) is 23.4. The number of rotatable bonds is 5. The Bertz CT molecular complexity index is 1210. The van der Waals surface area contributed by atoms with Gasteiger partial charge in [-0.3, -0.25) is 14.1 Å². The molecule has 1 fully saturated rings. The molecule has 0 aliphatic carbocycles. The maximum atomic E-state index is 13.6. The molecule has 0 bridgehead atoms. The molecule has 1 saturated heterocycles. The topological polar surface area (TPSA) is 70.6 Å². The van der Waals surface area contributed by atoms with E-state index in [1.807, 2.05) is 36.1 Å². The average Bonchev–Trinajstić information content (AvgIpc) is 3.10. The lowest BCUT2D eigenvalue weighted by atomic mass is 10.0. The Labute approximate surface area is 195 Å². The number of nitrogens with zero attached hydrogens (tertiary/aromatic N) is 3. The number of benzene rings is 2. The number of aryl methyl sites for hydroxylation is 1. The molecule has 4 rings (SSSR count). The van der Waals surface area contributed by atoms with Gasteiger partial charge < -0.3 is 4.90 Å². The van der Waals surface area contributed by atoms with Crippen LogP contribution in [0.5, 0.6) is 0 Å². The van der Waals surface area contributed by atoms with E-state index < -0.39 is 10.0 Å². The zero-order valence-electron chi connectivity index (χ0n) is 19.0. The molecule has 1 unspecified atom stereocenters. The van der Waals surface area contributed by atoms with Gasteiger partial charge in [0.25, 0.3) is 15.9 Å². The van der Waals surface area contributed by atoms with Gasteiger partial charge in [-0.15, -0.1) is 0 Å². The van der Waals surface area contributed by atoms with Gasteiger partial charge in [0.2, 0.25) is 0 Å². The standard InChI is InChI=1S/C26H29N3O3S/c1-20-10-12-23(13-11-20)28(2)33(31,32)24-8-6-7-22(19-24)26(30)29-18-5-3-4-9-25(29)21-14-16-27-17-15-21/h6-8,10-17,19,25H,3-5,9,18H2,1-2H3. The molecular weight excluding hydrogens is 434 g/mol. The van der Waals surface area contributed by atoms with E-state index in [1.165, 1.54) is 17.4 Å². The summed E-state index contributed by atoms with van der Waals surface area (Å²) in [6.45, 7) is 2.60. The zero-order valence-corrected chi connectivity index (χ0v) is 19.8. The molecule has 0 N–H and O–H groups in total. The van der Waals surface area contributed by atoms with Crippen molar-refractivity contribution in [2.45, 2.75) is 43.5 Å². The van der Waals surface area contributed by atoms with Gasteiger partial charge in [-0.05, 0) is 67.8 Å². The van der Waals surface area contributed by atoms with E-state index in [-0.39, 0.29) is 16.8 Å². The summed E-state index contributed by atoms with van der Waals surface area (Å²) in [4.78, 5) is 19.7. The Morgan fingerprint density at radius 2 is 1.73 bits per heavy atom. The first kappa shape index (κ1) is 23.0. The number of aromatic nitrogens is 1. The van der Waals surface area contributed by atoms with Crippen LogP contribution in [0.3, 0.4) is 0 Å². The molecule has 1 aromatic heterocycles. The van der Waals surface area contributed by atoms with E-state index >= 15 is 0 Å². The average molecular weight is 464 g/mol. The lowest BCUT2D eigenvalue weighted by Crippen LogP contribution is -2.35. The van der Waals surface area contributed by atoms with Crippen molar-refractivity contribution in [3.63, 3.8) is 0 Å². The van der Waals surface area contributed by atoms with E-state index in [1.54, 1.807) is 42.7 Å². The smallest absolute Gasteiger partial charge is 0.264 e. The van der Waals surface area contributed by atoms with Crippen molar-refractivity contribution in [3.05, 3.63) is 89.7 Å². The van der Waals surface area contributed by atoms with Crippen molar-refractivity contribution in [2.24, 2.45) is 0 Å². The Morgan fingerprint density at radius 1 is 1.00 bits per heavy atom. The summed E-state index contributed by atoms with van der Waals surface area (Å²) in [6.07, 6.45) is 7.42. The second-order valence-electron chi connectivity index (χ2n) is 8.48. The maximum absolute atomic E-state index is 13.6. The molecule has 1 aliphatic rings. The SMILES string of the molecule is Cc1ccc(N(C)S(=O)(=O)c2cccc(C(=O)N3CCCCCC3c3ccncc3)c2)cc1. The monoisotopic (exact) mass is 463 g/mol. The Morgan fingerprint density at radius 3 is 2.45 bits per heavy atom. The molecule has 0 saturated carbocycles. The fourth-order valence-corrected chi connectivity index (χ4v) is 5.53. The van der Waals surface area contributed by atoms with Gasteiger partial charge in [0, 0.05) is 31.5 Å². The number of amides is 1. The predicted octanol–water partition coefficient (Wildman–Crippen LogP) is 4.97. The molecule has 0 spiro atoms. The van der Waals surface area contributed by atoms with Gasteiger partial charge in [0.1, 0.15) is 0 Å². The summed E-state index contributed by atoms with van der Waals surface area (Å²) >= 11 is 0. The highest BCUT2D eigenvalue weighted by Gasteiger charge is 2.29. The fourth-order valence-electron chi connectivity index (χ4n) is 4.29. The number of hydrogen-bond acceptors (Lipinski definition) is 4. The van der Waals surface area contributed by atoms with Crippen LogP contribution in [-0.4, -0.2) is 37.8 Å². The summed E-state index contributed by atoms with van der Waals surface area (Å²) in [5.74, 6) is -0.145. The third-order valence-electron chi connectivity index (χ3n) is 6.24. The quantitative estimate of drug-likeness (QED) is 0.535. The van der Waals surface area contributed by atoms with Gasteiger partial charge in [-0.25, -0.2) is 8.42 Å². The lowest BCUT2D eigenvalue weighted by Gasteiger charge is -2.30. The second kappa shape index (κ2) is 9.75. The number of anilines is 1. The fraction of sp³-hybridized carbons (Fsp3) is 0.308. The first-order chi connectivity index (χ1) is 15.9. The van der Waals surface area contributed by atoms with Crippen LogP contribution in [0, 0.1) is 6.92 Å². The Balaban J connectivity index is 1.64. The minimum absolute atomic E-state index is 0.0431. The third kappa shape index (κ3) is 4.93. The summed E-state index contributed by atoms with van der Waals surface area (Å²) in [7, 11) is -2.28. The molecular formula is C26H29N3O3S. The molecule has 0 radical (unpaired) electrons. The van der Waals surface area contributed by atoms with E-state index in [4.69, 9.17) is 0 Å². The molecule has 33 heavy (non-hydrogen) atoms. The van der Waals surface area contributed by atoms with Crippen LogP contribution in [0.15, 0.2) is 78.0 Å². The van der Waals surface area contributed by atoms with Crippen molar-refractivity contribution in [3.8, 4) is 0 Å². The van der Waals surface area contributed by atoms with Crippen molar-refractivity contribution in [2.75, 3.05) is 17.9 Å². The van der Waals surface area contributed by atoms with Crippen LogP contribution in [0.25, 0.3) is 0 Å². The number of carbonyl (C=O) groups is 1. The number of carbonyl (C=O) groups excluding carboxylic acids is 1. The number of sulfonamides is 1. The van der Waals surface area contributed by atoms with E-state index in [0.29, 0.717) is 17.8 Å². The van der Waals surface area contributed by atoms with Crippen LogP contribution in [0.2, 0.25) is 0 Å². The van der Waals surface area contributed by atoms with Crippen LogP contribution in [0.4, 0.5) is 5.69 Å². The first-order valence-corrected chi connectivity index (χ1v) is 12.7. The molecule has 1 aliphatic heterocycles. The highest BCUT2D eigenvalue weighted by Crippen LogP contribution is 2.32. The summed E-state index contributed by atoms with van der Waals surface area (Å²) in [5.41, 5.74) is 3.07. The molecule has 2 heterocycles. The van der Waals surface area contributed by atoms with Gasteiger partial charge in [0.05, 0.1) is 16.6 Å². The van der Waals surface area contributed by atoms with E-state index in [0.717, 1.165) is 36.8 Å². The third-order valence-corrected chi connectivity index (χ3v) is 8.02. The normalized spacial score (nSPS) is 16.8. The summed E-state index contributed by atoms with van der Waals surface area (Å²) < 4.78 is 27.9. The summed E-state index contributed by atoms with van der Waals surface area (Å²) in [6, 6.07) is 17.5. The molecule has 1 amide bonds. The van der Waals surface area contributed by atoms with Gasteiger partial charge in [0.15, 0.2) is 0 Å². The van der Waals surface area contributed by atoms with E-state index in [2.05, 4.69) is 4.98 Å². The summed E-state index contributed by atoms with van der Waals surface area (Å²) in [5, 5.41) is 0. The Kier molecular flexibility index (Phi) is 6.79. The molecule has 7 heteroatoms. The van der Waals surface area contributed by atoms with E-state index in [9.17, 15) is 13.2 Å². The maximum Gasteiger partial charge on any atom is 0.264 e. The lowest BCUT2D eigenvalue weighted by molar-refractivity contribution is 0.0680. The minimum Gasteiger partial charge on any atom is -0.332 e. The van der Waals surface area contributed by atoms with Crippen LogP contribution in [-0.2, 0) is 10.0 Å². The van der Waals surface area contributed by atoms with Gasteiger partial charge in [-0.1, -0.05) is 36.6 Å². The molecule has 6 nitrogen and oxygen atoms in total. The van der Waals surface area contributed by atoms with Crippen LogP contribution < -0.4 is 4.31 Å². The molecule has 2 aromatic carbocycles. The first-order valence-electron chi connectivity index (χ1n) is 11.2. The highest BCUT2D eigenvalue weighted by atomic mass is 32.2. The molecule has 3 aromatic rings. The number of likely N-dealkylation sites (tertiary alicyclic amines) is 1. The van der Waals surface area contributed by atoms with Gasteiger partial charge >= 0.3 is 0 Å². The predicted molar refractivity (Wildman–Crippen MR) is 130 cm³/mol. The van der Waals surface area contributed by atoms with Crippen molar-refractivity contribution < 1.29 is 13.2 Å². The highest BCUT2D eigenvalue weighted by molar-refractivity contribution is 7.92. The molecule has 172 valence electrons. The number of pyridine rings is 1. The van der Waals surface area contributed by atoms with Crippen molar-refractivity contribution in [1.29, 1.82) is 0 Å². The largest absolute Gasteiger partial charge is 0.332 e.